The normalized spacial score (nSPS) is 17.5. The van der Waals surface area contributed by atoms with Gasteiger partial charge in [0.05, 0.1) is 38.0 Å². The van der Waals surface area contributed by atoms with Crippen molar-refractivity contribution < 1.29 is 28.9 Å². The van der Waals surface area contributed by atoms with Gasteiger partial charge in [-0.2, -0.15) is 0 Å². The molecular weight excluding hydrogens is 434 g/mol. The number of methoxy groups -OCH3 is 3. The van der Waals surface area contributed by atoms with Crippen LogP contribution in [0.4, 0.5) is 0 Å². The smallest absolute Gasteiger partial charge is 0.295 e. The van der Waals surface area contributed by atoms with Gasteiger partial charge < -0.3 is 24.2 Å². The van der Waals surface area contributed by atoms with Gasteiger partial charge in [0.25, 0.3) is 11.7 Å². The summed E-state index contributed by atoms with van der Waals surface area (Å²) in [6.45, 7) is 2.35. The number of aliphatic hydroxyl groups is 1. The first-order valence-corrected chi connectivity index (χ1v) is 10.6. The molecule has 1 unspecified atom stereocenters. The second-order valence-electron chi connectivity index (χ2n) is 7.28. The third kappa shape index (κ3) is 4.12. The van der Waals surface area contributed by atoms with Crippen LogP contribution in [0.25, 0.3) is 5.76 Å². The fourth-order valence-corrected chi connectivity index (χ4v) is 4.05. The lowest BCUT2D eigenvalue weighted by molar-refractivity contribution is -0.139. The molecule has 0 bridgehead atoms. The number of ether oxygens (including phenoxy) is 3. The minimum Gasteiger partial charge on any atom is -0.507 e. The van der Waals surface area contributed by atoms with Crippen LogP contribution in [0.3, 0.4) is 0 Å². The molecule has 1 fully saturated rings. The van der Waals surface area contributed by atoms with E-state index in [2.05, 4.69) is 0 Å². The summed E-state index contributed by atoms with van der Waals surface area (Å²) in [6, 6.07) is 9.05. The molecule has 1 atom stereocenters. The molecule has 2 aromatic rings. The summed E-state index contributed by atoms with van der Waals surface area (Å²) in [5.74, 6) is -0.556. The number of Topliss-reactive ketones (excluding diaryl/α,β-unsaturated/α-hetero) is 1. The molecule has 170 valence electrons. The Kier molecular flexibility index (Phi) is 7.30. The highest BCUT2D eigenvalue weighted by Crippen LogP contribution is 2.45. The minimum absolute atomic E-state index is 0.0259. The van der Waals surface area contributed by atoms with Gasteiger partial charge in [-0.05, 0) is 30.7 Å². The van der Waals surface area contributed by atoms with Gasteiger partial charge >= 0.3 is 0 Å². The number of rotatable bonds is 8. The van der Waals surface area contributed by atoms with Gasteiger partial charge in [-0.25, -0.2) is 0 Å². The molecule has 0 radical (unpaired) electrons. The van der Waals surface area contributed by atoms with Crippen molar-refractivity contribution in [2.45, 2.75) is 25.8 Å². The molecule has 1 aliphatic rings. The molecule has 1 heterocycles. The summed E-state index contributed by atoms with van der Waals surface area (Å²) in [5.41, 5.74) is 0.832. The van der Waals surface area contributed by atoms with Crippen LogP contribution in [-0.2, 0) is 9.59 Å². The number of benzene rings is 2. The van der Waals surface area contributed by atoms with Gasteiger partial charge in [-0.1, -0.05) is 37.1 Å². The molecule has 0 saturated carbocycles. The predicted molar refractivity (Wildman–Crippen MR) is 121 cm³/mol. The van der Waals surface area contributed by atoms with E-state index in [0.29, 0.717) is 46.4 Å². The monoisotopic (exact) mass is 459 g/mol. The fraction of sp³-hybridized carbons (Fsp3) is 0.333. The Bertz CT molecular complexity index is 1060. The molecule has 1 aliphatic heterocycles. The van der Waals surface area contributed by atoms with E-state index in [0.717, 1.165) is 6.42 Å². The first-order valence-electron chi connectivity index (χ1n) is 10.2. The lowest BCUT2D eigenvalue weighted by Crippen LogP contribution is -2.30. The van der Waals surface area contributed by atoms with Crippen molar-refractivity contribution in [1.82, 2.24) is 4.90 Å². The lowest BCUT2D eigenvalue weighted by Gasteiger charge is -2.27. The van der Waals surface area contributed by atoms with Crippen LogP contribution in [0.1, 0.15) is 36.9 Å². The Morgan fingerprint density at radius 2 is 1.78 bits per heavy atom. The largest absolute Gasteiger partial charge is 0.507 e. The van der Waals surface area contributed by atoms with Gasteiger partial charge in [-0.15, -0.1) is 0 Å². The number of unbranched alkanes of at least 4 members (excludes halogenated alkanes) is 1. The van der Waals surface area contributed by atoms with Crippen molar-refractivity contribution >= 4 is 29.1 Å². The molecule has 1 saturated heterocycles. The van der Waals surface area contributed by atoms with Crippen molar-refractivity contribution in [3.8, 4) is 17.2 Å². The zero-order valence-corrected chi connectivity index (χ0v) is 19.2. The average Bonchev–Trinajstić information content (AvgIpc) is 3.06. The summed E-state index contributed by atoms with van der Waals surface area (Å²) in [7, 11) is 4.45. The molecule has 0 spiro atoms. The average molecular weight is 460 g/mol. The third-order valence-electron chi connectivity index (χ3n) is 5.45. The lowest BCUT2D eigenvalue weighted by atomic mass is 9.94. The number of ketones is 1. The first-order chi connectivity index (χ1) is 15.4. The molecule has 0 aromatic heterocycles. The van der Waals surface area contributed by atoms with Crippen LogP contribution in [0.2, 0.25) is 5.02 Å². The quantitative estimate of drug-likeness (QED) is 0.353. The topological polar surface area (TPSA) is 85.3 Å². The number of aliphatic hydroxyl groups excluding tert-OH is 1. The maximum atomic E-state index is 13.1. The highest BCUT2D eigenvalue weighted by Gasteiger charge is 2.47. The summed E-state index contributed by atoms with van der Waals surface area (Å²) in [5, 5.41) is 11.6. The van der Waals surface area contributed by atoms with E-state index in [-0.39, 0.29) is 11.3 Å². The number of nitrogens with zero attached hydrogens (tertiary/aromatic N) is 1. The fourth-order valence-electron chi connectivity index (χ4n) is 3.85. The molecule has 1 amide bonds. The second kappa shape index (κ2) is 9.96. The third-order valence-corrected chi connectivity index (χ3v) is 5.76. The molecule has 2 aromatic carbocycles. The van der Waals surface area contributed by atoms with Crippen LogP contribution in [0, 0.1) is 0 Å². The number of carbonyl (C=O) groups is 2. The van der Waals surface area contributed by atoms with Gasteiger partial charge in [-0.3, -0.25) is 9.59 Å². The summed E-state index contributed by atoms with van der Waals surface area (Å²) in [6.07, 6.45) is 1.53. The van der Waals surface area contributed by atoms with Crippen molar-refractivity contribution in [2.75, 3.05) is 27.9 Å². The predicted octanol–water partition coefficient (Wildman–Crippen LogP) is 4.59. The highest BCUT2D eigenvalue weighted by molar-refractivity contribution is 6.46. The van der Waals surface area contributed by atoms with E-state index in [1.54, 1.807) is 30.3 Å². The molecular formula is C24H26ClNO6. The van der Waals surface area contributed by atoms with Crippen LogP contribution in [-0.4, -0.2) is 49.6 Å². The van der Waals surface area contributed by atoms with Gasteiger partial charge in [0, 0.05) is 17.7 Å². The molecule has 7 nitrogen and oxygen atoms in total. The maximum Gasteiger partial charge on any atom is 0.295 e. The standard InChI is InChI=1S/C24H26ClNO6/c1-5-6-12-26-20(15-8-7-9-17(30-2)23(15)32-4)19(22(28)24(26)29)21(27)14-10-11-16(25)18(13-14)31-3/h7-11,13,20,27H,5-6,12H2,1-4H3/b21-19+. The first kappa shape index (κ1) is 23.5. The highest BCUT2D eigenvalue weighted by atomic mass is 35.5. The van der Waals surface area contributed by atoms with Crippen molar-refractivity contribution in [1.29, 1.82) is 0 Å². The molecule has 8 heteroatoms. The van der Waals surface area contributed by atoms with E-state index in [4.69, 9.17) is 25.8 Å². The Morgan fingerprint density at radius 1 is 1.06 bits per heavy atom. The Hall–Kier alpha value is -3.19. The summed E-state index contributed by atoms with van der Waals surface area (Å²) >= 11 is 6.11. The van der Waals surface area contributed by atoms with Crippen LogP contribution in [0.15, 0.2) is 42.0 Å². The summed E-state index contributed by atoms with van der Waals surface area (Å²) in [4.78, 5) is 27.6. The van der Waals surface area contributed by atoms with Gasteiger partial charge in [0.1, 0.15) is 11.5 Å². The van der Waals surface area contributed by atoms with Crippen LogP contribution < -0.4 is 14.2 Å². The second-order valence-corrected chi connectivity index (χ2v) is 7.69. The Morgan fingerprint density at radius 3 is 2.41 bits per heavy atom. The molecule has 3 rings (SSSR count). The zero-order valence-electron chi connectivity index (χ0n) is 18.5. The van der Waals surface area contributed by atoms with E-state index >= 15 is 0 Å². The molecule has 1 N–H and O–H groups in total. The van der Waals surface area contributed by atoms with Crippen LogP contribution in [0.5, 0.6) is 17.2 Å². The number of carbonyl (C=O) groups excluding carboxylic acids is 2. The van der Waals surface area contributed by atoms with E-state index < -0.39 is 17.7 Å². The van der Waals surface area contributed by atoms with E-state index in [9.17, 15) is 14.7 Å². The van der Waals surface area contributed by atoms with Crippen LogP contribution >= 0.6 is 11.6 Å². The molecule has 0 aliphatic carbocycles. The van der Waals surface area contributed by atoms with E-state index in [1.165, 1.54) is 32.3 Å². The van der Waals surface area contributed by atoms with Crippen molar-refractivity contribution in [3.63, 3.8) is 0 Å². The SMILES string of the molecule is CCCCN1C(=O)C(=O)/C(=C(/O)c2ccc(Cl)c(OC)c2)C1c1cccc(OC)c1OC. The Balaban J connectivity index is 2.27. The van der Waals surface area contributed by atoms with Gasteiger partial charge in [0.15, 0.2) is 11.5 Å². The number of amides is 1. The van der Waals surface area contributed by atoms with Crippen molar-refractivity contribution in [3.05, 3.63) is 58.1 Å². The number of likely N-dealkylation sites (tertiary alicyclic amines) is 1. The van der Waals surface area contributed by atoms with Crippen molar-refractivity contribution in [2.24, 2.45) is 0 Å². The van der Waals surface area contributed by atoms with E-state index in [1.807, 2.05) is 6.92 Å². The zero-order chi connectivity index (χ0) is 23.4. The van der Waals surface area contributed by atoms with Gasteiger partial charge in [0.2, 0.25) is 0 Å². The molecule has 32 heavy (non-hydrogen) atoms. The number of halogens is 1. The number of hydrogen-bond donors (Lipinski definition) is 1. The number of hydrogen-bond acceptors (Lipinski definition) is 6. The number of para-hydroxylation sites is 1. The minimum atomic E-state index is -0.840. The maximum absolute atomic E-state index is 13.1. The Labute approximate surface area is 192 Å². The summed E-state index contributed by atoms with van der Waals surface area (Å²) < 4.78 is 16.2.